The molecule has 7 heteroatoms. The fourth-order valence-electron chi connectivity index (χ4n) is 1.92. The number of aryl methyl sites for hydroxylation is 1. The average molecular weight is 341 g/mol. The summed E-state index contributed by atoms with van der Waals surface area (Å²) in [5, 5.41) is 8.72. The minimum atomic E-state index is -0.531. The molecule has 0 fully saturated rings. The predicted octanol–water partition coefficient (Wildman–Crippen LogP) is 1.86. The topological polar surface area (TPSA) is 91.2 Å². The van der Waals surface area contributed by atoms with Gasteiger partial charge in [0.2, 0.25) is 5.91 Å². The number of benzene rings is 2. The van der Waals surface area contributed by atoms with Gasteiger partial charge in [-0.3, -0.25) is 20.4 Å². The van der Waals surface area contributed by atoms with Crippen molar-refractivity contribution in [2.45, 2.75) is 12.8 Å². The molecule has 0 saturated heterocycles. The minimum absolute atomic E-state index is 0.186. The lowest BCUT2D eigenvalue weighted by Gasteiger charge is -2.09. The molecule has 25 heavy (non-hydrogen) atoms. The van der Waals surface area contributed by atoms with Crippen LogP contribution in [0.2, 0.25) is 0 Å². The summed E-state index contributed by atoms with van der Waals surface area (Å²) in [6.07, 6.45) is 0.671. The molecule has 0 spiro atoms. The number of nitriles is 1. The molecule has 0 aliphatic carbocycles. The molecule has 0 aliphatic rings. The van der Waals surface area contributed by atoms with Crippen molar-refractivity contribution in [2.75, 3.05) is 6.61 Å². The molecule has 0 radical (unpaired) electrons. The minimum Gasteiger partial charge on any atom is -0.484 e. The molecule has 0 bridgehead atoms. The molecule has 0 atom stereocenters. The molecule has 2 amide bonds. The highest BCUT2D eigenvalue weighted by atomic mass is 19.1. The van der Waals surface area contributed by atoms with Crippen LogP contribution in [-0.2, 0) is 16.0 Å². The zero-order valence-corrected chi connectivity index (χ0v) is 13.3. The molecular formula is C18H16FN3O3. The summed E-state index contributed by atoms with van der Waals surface area (Å²) in [4.78, 5) is 23.3. The molecule has 0 aliphatic heterocycles. The highest BCUT2D eigenvalue weighted by Gasteiger charge is 2.06. The molecule has 2 aromatic carbocycles. The van der Waals surface area contributed by atoms with Gasteiger partial charge in [0.25, 0.3) is 5.91 Å². The zero-order valence-electron chi connectivity index (χ0n) is 13.3. The molecule has 0 heterocycles. The quantitative estimate of drug-likeness (QED) is 0.785. The van der Waals surface area contributed by atoms with Crippen molar-refractivity contribution in [2.24, 2.45) is 0 Å². The Morgan fingerprint density at radius 1 is 1.00 bits per heavy atom. The van der Waals surface area contributed by atoms with E-state index in [9.17, 15) is 14.0 Å². The third-order valence-electron chi connectivity index (χ3n) is 3.25. The standard InChI is InChI=1S/C18H16FN3O3/c19-15-6-8-16(9-7-15)25-12-18(24)22-21-17(23)10-5-13-1-3-14(11-20)4-2-13/h1-4,6-9H,5,10,12H2,(H,21,23)(H,22,24). The lowest BCUT2D eigenvalue weighted by molar-refractivity contribution is -0.130. The first-order valence-electron chi connectivity index (χ1n) is 7.52. The van der Waals surface area contributed by atoms with E-state index in [1.165, 1.54) is 24.3 Å². The molecule has 0 unspecified atom stereocenters. The Morgan fingerprint density at radius 3 is 2.28 bits per heavy atom. The first-order valence-corrected chi connectivity index (χ1v) is 7.52. The number of carbonyl (C=O) groups excluding carboxylic acids is 2. The summed E-state index contributed by atoms with van der Waals surface area (Å²) < 4.78 is 17.9. The number of carbonyl (C=O) groups is 2. The Kier molecular flexibility index (Phi) is 6.48. The maximum absolute atomic E-state index is 12.7. The number of ether oxygens (including phenoxy) is 1. The summed E-state index contributed by atoms with van der Waals surface area (Å²) in [5.41, 5.74) is 6.00. The SMILES string of the molecule is N#Cc1ccc(CCC(=O)NNC(=O)COc2ccc(F)cc2)cc1. The van der Waals surface area contributed by atoms with Crippen LogP contribution in [0.25, 0.3) is 0 Å². The highest BCUT2D eigenvalue weighted by molar-refractivity contribution is 5.82. The van der Waals surface area contributed by atoms with Gasteiger partial charge in [-0.15, -0.1) is 0 Å². The van der Waals surface area contributed by atoms with Gasteiger partial charge in [-0.1, -0.05) is 12.1 Å². The number of nitrogens with zero attached hydrogens (tertiary/aromatic N) is 1. The van der Waals surface area contributed by atoms with Crippen LogP contribution >= 0.6 is 0 Å². The third-order valence-corrected chi connectivity index (χ3v) is 3.25. The van der Waals surface area contributed by atoms with Crippen molar-refractivity contribution >= 4 is 11.8 Å². The predicted molar refractivity (Wildman–Crippen MR) is 87.7 cm³/mol. The van der Waals surface area contributed by atoms with Gasteiger partial charge in [0.15, 0.2) is 6.61 Å². The fourth-order valence-corrected chi connectivity index (χ4v) is 1.92. The van der Waals surface area contributed by atoms with Crippen molar-refractivity contribution in [3.8, 4) is 11.8 Å². The van der Waals surface area contributed by atoms with E-state index in [0.717, 1.165) is 5.56 Å². The van der Waals surface area contributed by atoms with Gasteiger partial charge < -0.3 is 4.74 Å². The Hall–Kier alpha value is -3.40. The Balaban J connectivity index is 1.65. The summed E-state index contributed by atoms with van der Waals surface area (Å²) in [6, 6.07) is 14.2. The van der Waals surface area contributed by atoms with Crippen molar-refractivity contribution in [3.05, 3.63) is 65.5 Å². The Bertz CT molecular complexity index is 768. The molecule has 2 rings (SSSR count). The first kappa shape index (κ1) is 17.9. The van der Waals surface area contributed by atoms with E-state index >= 15 is 0 Å². The normalized spacial score (nSPS) is 9.76. The summed E-state index contributed by atoms with van der Waals surface area (Å²) in [5.74, 6) is -0.925. The van der Waals surface area contributed by atoms with Crippen LogP contribution in [0.5, 0.6) is 5.75 Å². The summed E-state index contributed by atoms with van der Waals surface area (Å²) >= 11 is 0. The number of halogens is 1. The molecular weight excluding hydrogens is 325 g/mol. The monoisotopic (exact) mass is 341 g/mol. The Morgan fingerprint density at radius 2 is 1.64 bits per heavy atom. The van der Waals surface area contributed by atoms with Crippen molar-refractivity contribution in [3.63, 3.8) is 0 Å². The van der Waals surface area contributed by atoms with Crippen LogP contribution in [0.4, 0.5) is 4.39 Å². The summed E-state index contributed by atoms with van der Waals surface area (Å²) in [6.45, 7) is -0.304. The maximum Gasteiger partial charge on any atom is 0.276 e. The van der Waals surface area contributed by atoms with Gasteiger partial charge in [-0.25, -0.2) is 4.39 Å². The second-order valence-electron chi connectivity index (χ2n) is 5.15. The molecule has 2 N–H and O–H groups in total. The van der Waals surface area contributed by atoms with E-state index in [2.05, 4.69) is 10.9 Å². The molecule has 0 aromatic heterocycles. The number of rotatable bonds is 6. The number of hydrogen-bond acceptors (Lipinski definition) is 4. The van der Waals surface area contributed by atoms with Crippen LogP contribution in [0.15, 0.2) is 48.5 Å². The van der Waals surface area contributed by atoms with Crippen molar-refractivity contribution in [1.29, 1.82) is 5.26 Å². The van der Waals surface area contributed by atoms with Crippen molar-refractivity contribution in [1.82, 2.24) is 10.9 Å². The molecule has 6 nitrogen and oxygen atoms in total. The lowest BCUT2D eigenvalue weighted by Crippen LogP contribution is -2.43. The zero-order chi connectivity index (χ0) is 18.1. The van der Waals surface area contributed by atoms with Gasteiger partial charge in [0, 0.05) is 6.42 Å². The van der Waals surface area contributed by atoms with Crippen LogP contribution < -0.4 is 15.6 Å². The number of hydrogen-bond donors (Lipinski definition) is 2. The van der Waals surface area contributed by atoms with Gasteiger partial charge in [-0.2, -0.15) is 5.26 Å². The highest BCUT2D eigenvalue weighted by Crippen LogP contribution is 2.10. The summed E-state index contributed by atoms with van der Waals surface area (Å²) in [7, 11) is 0. The van der Waals surface area contributed by atoms with Gasteiger partial charge in [-0.05, 0) is 48.4 Å². The van der Waals surface area contributed by atoms with Crippen LogP contribution in [0.1, 0.15) is 17.5 Å². The lowest BCUT2D eigenvalue weighted by atomic mass is 10.1. The average Bonchev–Trinajstić information content (AvgIpc) is 2.64. The second kappa shape index (κ2) is 9.03. The van der Waals surface area contributed by atoms with Crippen LogP contribution in [-0.4, -0.2) is 18.4 Å². The van der Waals surface area contributed by atoms with E-state index in [1.54, 1.807) is 24.3 Å². The van der Waals surface area contributed by atoms with Gasteiger partial charge in [0.1, 0.15) is 11.6 Å². The smallest absolute Gasteiger partial charge is 0.276 e. The van der Waals surface area contributed by atoms with Crippen LogP contribution in [0, 0.1) is 17.1 Å². The Labute approximate surface area is 144 Å². The number of nitrogens with one attached hydrogen (secondary N) is 2. The van der Waals surface area contributed by atoms with E-state index in [0.29, 0.717) is 17.7 Å². The van der Waals surface area contributed by atoms with E-state index in [4.69, 9.17) is 10.00 Å². The van der Waals surface area contributed by atoms with Crippen LogP contribution in [0.3, 0.4) is 0 Å². The molecule has 2 aromatic rings. The largest absolute Gasteiger partial charge is 0.484 e. The second-order valence-corrected chi connectivity index (χ2v) is 5.15. The molecule has 0 saturated carbocycles. The van der Waals surface area contributed by atoms with Crippen molar-refractivity contribution < 1.29 is 18.7 Å². The third kappa shape index (κ3) is 6.31. The van der Waals surface area contributed by atoms with E-state index < -0.39 is 11.7 Å². The first-order chi connectivity index (χ1) is 12.1. The number of amides is 2. The van der Waals surface area contributed by atoms with Gasteiger partial charge in [0.05, 0.1) is 11.6 Å². The van der Waals surface area contributed by atoms with E-state index in [-0.39, 0.29) is 18.9 Å². The molecule has 128 valence electrons. The maximum atomic E-state index is 12.7. The van der Waals surface area contributed by atoms with Gasteiger partial charge >= 0.3 is 0 Å². The van der Waals surface area contributed by atoms with E-state index in [1.807, 2.05) is 6.07 Å². The fraction of sp³-hybridized carbons (Fsp3) is 0.167. The number of hydrazine groups is 1.